The molecular formula is C42H48O22. The van der Waals surface area contributed by atoms with Gasteiger partial charge in [-0.25, -0.2) is 4.79 Å². The molecule has 4 heterocycles. The van der Waals surface area contributed by atoms with Gasteiger partial charge in [-0.05, 0) is 48.9 Å². The summed E-state index contributed by atoms with van der Waals surface area (Å²) in [6, 6.07) is 11.8. The summed E-state index contributed by atoms with van der Waals surface area (Å²) in [6.45, 7) is 0.0137. The van der Waals surface area contributed by atoms with Gasteiger partial charge in [-0.3, -0.25) is 0 Å². The van der Waals surface area contributed by atoms with E-state index in [9.17, 15) is 71.2 Å². The van der Waals surface area contributed by atoms with Gasteiger partial charge in [0.15, 0.2) is 30.0 Å². The lowest BCUT2D eigenvalue weighted by atomic mass is 9.98. The number of ether oxygens (including phenoxy) is 8. The van der Waals surface area contributed by atoms with Crippen molar-refractivity contribution in [2.24, 2.45) is 0 Å². The molecule has 22 heteroatoms. The SMILES string of the molecule is CC1OC(OCC2OC(OC3=Cc4c(cc(O)cc4OC4OC(CO)C(O)C(O)C4O)OC3c3ccc(O)c(O)c3)C(O)C(O)C2O)C(O)C(O)C1OC(=O)C=Cc1ccc(O)cc1. The molecule has 22 nitrogen and oxygen atoms in total. The van der Waals surface area contributed by atoms with Crippen LogP contribution in [0.25, 0.3) is 12.2 Å². The topological polar surface area (TPSA) is 354 Å². The normalized spacial score (nSPS) is 35.2. The Kier molecular flexibility index (Phi) is 14.2. The van der Waals surface area contributed by atoms with Gasteiger partial charge in [0.25, 0.3) is 0 Å². The van der Waals surface area contributed by atoms with Gasteiger partial charge >= 0.3 is 5.97 Å². The van der Waals surface area contributed by atoms with Gasteiger partial charge in [-0.2, -0.15) is 0 Å². The van der Waals surface area contributed by atoms with Crippen LogP contribution in [-0.2, 0) is 33.2 Å². The molecule has 0 amide bonds. The lowest BCUT2D eigenvalue weighted by molar-refractivity contribution is -0.325. The van der Waals surface area contributed by atoms with E-state index in [1.165, 1.54) is 37.3 Å². The van der Waals surface area contributed by atoms with E-state index in [0.717, 1.165) is 30.3 Å². The monoisotopic (exact) mass is 904 g/mol. The number of esters is 1. The highest BCUT2D eigenvalue weighted by atomic mass is 16.7. The van der Waals surface area contributed by atoms with Gasteiger partial charge in [-0.15, -0.1) is 0 Å². The second kappa shape index (κ2) is 19.4. The first-order valence-electron chi connectivity index (χ1n) is 19.9. The van der Waals surface area contributed by atoms with Crippen molar-refractivity contribution in [3.05, 3.63) is 83.1 Å². The molecule has 16 atom stereocenters. The minimum atomic E-state index is -1.97. The quantitative estimate of drug-likeness (QED) is 0.0536. The van der Waals surface area contributed by atoms with Crippen LogP contribution in [-0.4, -0.2) is 178 Å². The average molecular weight is 905 g/mol. The van der Waals surface area contributed by atoms with E-state index in [2.05, 4.69) is 0 Å². The van der Waals surface area contributed by atoms with Crippen LogP contribution >= 0.6 is 0 Å². The lowest BCUT2D eigenvalue weighted by Gasteiger charge is -2.43. The van der Waals surface area contributed by atoms with E-state index in [1.54, 1.807) is 12.1 Å². The molecule has 0 radical (unpaired) electrons. The van der Waals surface area contributed by atoms with Gasteiger partial charge in [0.2, 0.25) is 12.6 Å². The smallest absolute Gasteiger partial charge is 0.331 e. The summed E-state index contributed by atoms with van der Waals surface area (Å²) in [5.41, 5.74) is 0.685. The first kappa shape index (κ1) is 46.7. The lowest BCUT2D eigenvalue weighted by Crippen LogP contribution is -2.61. The molecule has 0 bridgehead atoms. The van der Waals surface area contributed by atoms with Crippen LogP contribution in [0.2, 0.25) is 0 Å². The van der Waals surface area contributed by atoms with Crippen molar-refractivity contribution in [3.8, 4) is 34.5 Å². The summed E-state index contributed by atoms with van der Waals surface area (Å²) < 4.78 is 46.2. The van der Waals surface area contributed by atoms with Crippen molar-refractivity contribution in [1.82, 2.24) is 0 Å². The first-order valence-corrected chi connectivity index (χ1v) is 19.9. The second-order valence-electron chi connectivity index (χ2n) is 15.4. The Morgan fingerprint density at radius 2 is 1.31 bits per heavy atom. The molecule has 0 aliphatic carbocycles. The maximum absolute atomic E-state index is 12.6. The maximum atomic E-state index is 12.6. The third-order valence-electron chi connectivity index (χ3n) is 11.0. The van der Waals surface area contributed by atoms with E-state index in [1.807, 2.05) is 0 Å². The molecule has 64 heavy (non-hydrogen) atoms. The number of phenolic OH excluding ortho intramolecular Hbond substituents is 4. The van der Waals surface area contributed by atoms with E-state index in [4.69, 9.17) is 37.9 Å². The Bertz CT molecular complexity index is 2160. The van der Waals surface area contributed by atoms with Crippen molar-refractivity contribution >= 4 is 18.1 Å². The molecule has 13 N–H and O–H groups in total. The zero-order chi connectivity index (χ0) is 46.1. The average Bonchev–Trinajstić information content (AvgIpc) is 3.27. The van der Waals surface area contributed by atoms with Gasteiger partial charge in [0.1, 0.15) is 89.8 Å². The minimum Gasteiger partial charge on any atom is -0.508 e. The largest absolute Gasteiger partial charge is 0.508 e. The Balaban J connectivity index is 1.08. The van der Waals surface area contributed by atoms with Crippen LogP contribution in [0.1, 0.15) is 29.7 Å². The molecule has 3 saturated heterocycles. The van der Waals surface area contributed by atoms with Gasteiger partial charge in [0, 0.05) is 23.8 Å². The summed E-state index contributed by atoms with van der Waals surface area (Å²) in [5, 5.41) is 136. The highest BCUT2D eigenvalue weighted by Crippen LogP contribution is 2.46. The third-order valence-corrected chi connectivity index (χ3v) is 11.0. The zero-order valence-corrected chi connectivity index (χ0v) is 33.6. The zero-order valence-electron chi connectivity index (χ0n) is 33.6. The highest BCUT2D eigenvalue weighted by Gasteiger charge is 2.50. The Hall–Kier alpha value is -5.31. The van der Waals surface area contributed by atoms with E-state index >= 15 is 0 Å². The van der Waals surface area contributed by atoms with E-state index < -0.39 is 135 Å². The molecule has 4 aliphatic heterocycles. The molecule has 7 rings (SSSR count). The van der Waals surface area contributed by atoms with Gasteiger partial charge in [-0.1, -0.05) is 18.2 Å². The molecule has 0 aromatic heterocycles. The predicted octanol–water partition coefficient (Wildman–Crippen LogP) is -1.91. The number of hydrogen-bond acceptors (Lipinski definition) is 22. The summed E-state index contributed by atoms with van der Waals surface area (Å²) in [5.74, 6) is -2.94. The summed E-state index contributed by atoms with van der Waals surface area (Å²) >= 11 is 0. The van der Waals surface area contributed by atoms with Crippen LogP contribution in [0.5, 0.6) is 34.5 Å². The van der Waals surface area contributed by atoms with Crippen molar-refractivity contribution in [2.75, 3.05) is 13.2 Å². The van der Waals surface area contributed by atoms with Gasteiger partial charge in [0.05, 0.1) is 24.9 Å². The summed E-state index contributed by atoms with van der Waals surface area (Å²) in [6.07, 6.45) is -22.8. The number of benzene rings is 3. The minimum absolute atomic E-state index is 0.0109. The molecule has 3 fully saturated rings. The Labute approximate surface area is 362 Å². The predicted molar refractivity (Wildman–Crippen MR) is 211 cm³/mol. The van der Waals surface area contributed by atoms with E-state index in [0.29, 0.717) is 5.56 Å². The fourth-order valence-corrected chi connectivity index (χ4v) is 7.35. The summed E-state index contributed by atoms with van der Waals surface area (Å²) in [4.78, 5) is 12.6. The second-order valence-corrected chi connectivity index (χ2v) is 15.4. The van der Waals surface area contributed by atoms with Crippen LogP contribution < -0.4 is 9.47 Å². The van der Waals surface area contributed by atoms with Crippen molar-refractivity contribution < 1.29 is 109 Å². The van der Waals surface area contributed by atoms with E-state index in [-0.39, 0.29) is 34.1 Å². The third kappa shape index (κ3) is 9.84. The summed E-state index contributed by atoms with van der Waals surface area (Å²) in [7, 11) is 0. The van der Waals surface area contributed by atoms with Crippen molar-refractivity contribution in [1.29, 1.82) is 0 Å². The molecule has 3 aromatic carbocycles. The number of aliphatic hydroxyl groups is 9. The number of carbonyl (C=O) groups is 1. The molecule has 3 aromatic rings. The number of aliphatic hydroxyl groups excluding tert-OH is 9. The van der Waals surface area contributed by atoms with Crippen LogP contribution in [0, 0.1) is 0 Å². The molecular weight excluding hydrogens is 856 g/mol. The Morgan fingerprint density at radius 3 is 1.98 bits per heavy atom. The highest BCUT2D eigenvalue weighted by molar-refractivity contribution is 5.87. The standard InChI is InChI=1S/C42H48O22/c1-16-38(64-29(48)9-4-17-2-6-19(44)7-3-17)34(53)37(56)40(58-16)57-15-28-31(50)33(52)36(55)42(63-28)61-26-13-21-24(59-39(26)18-5-8-22(46)23(47)10-18)11-20(45)12-25(21)60-41-35(54)32(51)30(49)27(14-43)62-41/h2-13,16,27-28,30-47,49-56H,14-15H2,1H3. The molecule has 0 saturated carbocycles. The van der Waals surface area contributed by atoms with Crippen LogP contribution in [0.4, 0.5) is 0 Å². The van der Waals surface area contributed by atoms with Gasteiger partial charge < -0.3 is 104 Å². The van der Waals surface area contributed by atoms with Crippen LogP contribution in [0.15, 0.2) is 66.4 Å². The number of phenols is 4. The molecule has 0 spiro atoms. The Morgan fingerprint density at radius 1 is 0.672 bits per heavy atom. The fraction of sp³-hybridized carbons (Fsp3) is 0.452. The number of rotatable bonds is 12. The fourth-order valence-electron chi connectivity index (χ4n) is 7.35. The molecule has 348 valence electrons. The van der Waals surface area contributed by atoms with Crippen molar-refractivity contribution in [3.63, 3.8) is 0 Å². The maximum Gasteiger partial charge on any atom is 0.331 e. The first-order chi connectivity index (χ1) is 30.4. The number of aromatic hydroxyl groups is 4. The molecule has 16 unspecified atom stereocenters. The molecule has 4 aliphatic rings. The number of fused-ring (bicyclic) bond motifs is 1. The number of hydrogen-bond donors (Lipinski definition) is 13. The van der Waals surface area contributed by atoms with Crippen molar-refractivity contribution in [2.45, 2.75) is 105 Å². The number of carbonyl (C=O) groups excluding carboxylic acids is 1. The van der Waals surface area contributed by atoms with Crippen LogP contribution in [0.3, 0.4) is 0 Å².